The summed E-state index contributed by atoms with van der Waals surface area (Å²) in [5.74, 6) is 0. The van der Waals surface area contributed by atoms with Gasteiger partial charge in [0.2, 0.25) is 0 Å². The number of aryl methyl sites for hydroxylation is 1. The first-order valence-electron chi connectivity index (χ1n) is 6.64. The second kappa shape index (κ2) is 6.47. The molecule has 0 amide bonds. The van der Waals surface area contributed by atoms with Gasteiger partial charge in [0.15, 0.2) is 0 Å². The smallest absolute Gasteiger partial charge is 0.0954 e. The number of hydrogen-bond donors (Lipinski definition) is 1. The number of rotatable bonds is 6. The van der Waals surface area contributed by atoms with Gasteiger partial charge >= 0.3 is 0 Å². The zero-order chi connectivity index (χ0) is 12.1. The fourth-order valence-corrected chi connectivity index (χ4v) is 3.48. The van der Waals surface area contributed by atoms with Gasteiger partial charge in [-0.15, -0.1) is 11.3 Å². The van der Waals surface area contributed by atoms with Gasteiger partial charge < -0.3 is 10.1 Å². The van der Waals surface area contributed by atoms with Crippen molar-refractivity contribution in [2.24, 2.45) is 0 Å². The highest BCUT2D eigenvalue weighted by atomic mass is 32.1. The van der Waals surface area contributed by atoms with Gasteiger partial charge in [-0.05, 0) is 32.7 Å². The van der Waals surface area contributed by atoms with Gasteiger partial charge in [-0.25, -0.2) is 4.98 Å². The Morgan fingerprint density at radius 3 is 3.12 bits per heavy atom. The van der Waals surface area contributed by atoms with Crippen LogP contribution in [-0.4, -0.2) is 24.7 Å². The Hall–Kier alpha value is -0.450. The van der Waals surface area contributed by atoms with E-state index in [0.717, 1.165) is 26.2 Å². The molecule has 0 radical (unpaired) electrons. The number of hydrogen-bond acceptors (Lipinski definition) is 4. The van der Waals surface area contributed by atoms with E-state index in [1.54, 1.807) is 0 Å². The standard InChI is InChI=1S/C13H22N2OS/c1-3-14-10-6-5-7-11-13(10)15-12(17-11)8-9-16-4-2/h10,14H,3-9H2,1-2H3. The number of fused-ring (bicyclic) bond motifs is 1. The topological polar surface area (TPSA) is 34.1 Å². The molecule has 1 heterocycles. The van der Waals surface area contributed by atoms with E-state index in [-0.39, 0.29) is 0 Å². The van der Waals surface area contributed by atoms with E-state index in [1.165, 1.54) is 34.8 Å². The lowest BCUT2D eigenvalue weighted by Gasteiger charge is -2.21. The van der Waals surface area contributed by atoms with E-state index in [1.807, 2.05) is 18.3 Å². The molecule has 1 aromatic rings. The highest BCUT2D eigenvalue weighted by molar-refractivity contribution is 7.11. The van der Waals surface area contributed by atoms with Gasteiger partial charge in [0.1, 0.15) is 0 Å². The molecule has 1 aliphatic carbocycles. The number of nitrogens with zero attached hydrogens (tertiary/aromatic N) is 1. The van der Waals surface area contributed by atoms with Gasteiger partial charge in [-0.3, -0.25) is 0 Å². The van der Waals surface area contributed by atoms with Crippen molar-refractivity contribution in [3.05, 3.63) is 15.6 Å². The van der Waals surface area contributed by atoms with Crippen LogP contribution in [-0.2, 0) is 17.6 Å². The molecule has 1 aromatic heterocycles. The number of aromatic nitrogens is 1. The zero-order valence-electron chi connectivity index (χ0n) is 10.8. The van der Waals surface area contributed by atoms with Gasteiger partial charge in [-0.1, -0.05) is 6.92 Å². The Labute approximate surface area is 108 Å². The third-order valence-corrected chi connectivity index (χ3v) is 4.30. The van der Waals surface area contributed by atoms with E-state index in [2.05, 4.69) is 12.2 Å². The predicted molar refractivity (Wildman–Crippen MR) is 71.7 cm³/mol. The zero-order valence-corrected chi connectivity index (χ0v) is 11.6. The number of thiazole rings is 1. The molecular weight excluding hydrogens is 232 g/mol. The van der Waals surface area contributed by atoms with Crippen molar-refractivity contribution in [2.75, 3.05) is 19.8 Å². The summed E-state index contributed by atoms with van der Waals surface area (Å²) in [4.78, 5) is 6.29. The quantitative estimate of drug-likeness (QED) is 0.793. The summed E-state index contributed by atoms with van der Waals surface area (Å²) in [6.07, 6.45) is 4.70. The van der Waals surface area contributed by atoms with Crippen molar-refractivity contribution in [3.63, 3.8) is 0 Å². The van der Waals surface area contributed by atoms with Crippen molar-refractivity contribution in [1.82, 2.24) is 10.3 Å². The summed E-state index contributed by atoms with van der Waals surface area (Å²) in [5.41, 5.74) is 1.31. The van der Waals surface area contributed by atoms with E-state index < -0.39 is 0 Å². The van der Waals surface area contributed by atoms with Gasteiger partial charge in [-0.2, -0.15) is 0 Å². The van der Waals surface area contributed by atoms with Crippen LogP contribution in [0.3, 0.4) is 0 Å². The second-order valence-electron chi connectivity index (χ2n) is 4.37. The molecule has 0 spiro atoms. The van der Waals surface area contributed by atoms with Crippen LogP contribution in [0, 0.1) is 0 Å². The van der Waals surface area contributed by atoms with Crippen LogP contribution >= 0.6 is 11.3 Å². The van der Waals surface area contributed by atoms with Crippen LogP contribution in [0.5, 0.6) is 0 Å². The van der Waals surface area contributed by atoms with Crippen molar-refractivity contribution in [2.45, 2.75) is 45.6 Å². The largest absolute Gasteiger partial charge is 0.381 e. The lowest BCUT2D eigenvalue weighted by molar-refractivity contribution is 0.151. The van der Waals surface area contributed by atoms with Crippen LogP contribution < -0.4 is 5.32 Å². The first-order valence-corrected chi connectivity index (χ1v) is 7.46. The minimum atomic E-state index is 0.487. The predicted octanol–water partition coefficient (Wildman–Crippen LogP) is 2.71. The lowest BCUT2D eigenvalue weighted by atomic mass is 9.98. The minimum Gasteiger partial charge on any atom is -0.381 e. The molecule has 17 heavy (non-hydrogen) atoms. The van der Waals surface area contributed by atoms with Crippen LogP contribution in [0.25, 0.3) is 0 Å². The van der Waals surface area contributed by atoms with Crippen LogP contribution in [0.1, 0.15) is 48.3 Å². The van der Waals surface area contributed by atoms with Gasteiger partial charge in [0.05, 0.1) is 23.4 Å². The molecule has 2 rings (SSSR count). The highest BCUT2D eigenvalue weighted by Gasteiger charge is 2.23. The normalized spacial score (nSPS) is 19.3. The molecule has 0 saturated carbocycles. The van der Waals surface area contributed by atoms with Crippen molar-refractivity contribution >= 4 is 11.3 Å². The van der Waals surface area contributed by atoms with E-state index >= 15 is 0 Å². The maximum atomic E-state index is 5.39. The number of ether oxygens (including phenoxy) is 1. The molecule has 3 nitrogen and oxygen atoms in total. The molecule has 0 bridgehead atoms. The second-order valence-corrected chi connectivity index (χ2v) is 5.53. The molecule has 96 valence electrons. The Kier molecular flexibility index (Phi) is 4.95. The third-order valence-electron chi connectivity index (χ3n) is 3.11. The Morgan fingerprint density at radius 1 is 1.47 bits per heavy atom. The molecule has 4 heteroatoms. The average Bonchev–Trinajstić information content (AvgIpc) is 2.74. The molecule has 1 atom stereocenters. The third kappa shape index (κ3) is 3.27. The lowest BCUT2D eigenvalue weighted by Crippen LogP contribution is -2.24. The summed E-state index contributed by atoms with van der Waals surface area (Å²) in [5, 5.41) is 4.78. The molecule has 1 aliphatic rings. The summed E-state index contributed by atoms with van der Waals surface area (Å²) in [6.45, 7) is 6.82. The molecule has 1 unspecified atom stereocenters. The fourth-order valence-electron chi connectivity index (χ4n) is 2.32. The van der Waals surface area contributed by atoms with Crippen molar-refractivity contribution < 1.29 is 4.74 Å². The van der Waals surface area contributed by atoms with Gasteiger partial charge in [0, 0.05) is 17.9 Å². The van der Waals surface area contributed by atoms with E-state index in [9.17, 15) is 0 Å². The molecule has 0 saturated heterocycles. The Balaban J connectivity index is 2.02. The first kappa shape index (κ1) is 13.0. The fraction of sp³-hybridized carbons (Fsp3) is 0.769. The summed E-state index contributed by atoms with van der Waals surface area (Å²) in [6, 6.07) is 0.487. The summed E-state index contributed by atoms with van der Waals surface area (Å²) in [7, 11) is 0. The van der Waals surface area contributed by atoms with E-state index in [0.29, 0.717) is 6.04 Å². The maximum Gasteiger partial charge on any atom is 0.0954 e. The van der Waals surface area contributed by atoms with Crippen LogP contribution in [0.15, 0.2) is 0 Å². The summed E-state index contributed by atoms with van der Waals surface area (Å²) >= 11 is 1.88. The molecule has 0 fully saturated rings. The minimum absolute atomic E-state index is 0.487. The maximum absolute atomic E-state index is 5.39. The van der Waals surface area contributed by atoms with Crippen LogP contribution in [0.4, 0.5) is 0 Å². The molecule has 1 N–H and O–H groups in total. The molecule has 0 aliphatic heterocycles. The average molecular weight is 254 g/mol. The monoisotopic (exact) mass is 254 g/mol. The number of nitrogens with one attached hydrogen (secondary N) is 1. The Morgan fingerprint density at radius 2 is 2.35 bits per heavy atom. The molecular formula is C13H22N2OS. The first-order chi connectivity index (χ1) is 8.35. The van der Waals surface area contributed by atoms with E-state index in [4.69, 9.17) is 9.72 Å². The van der Waals surface area contributed by atoms with Crippen LogP contribution in [0.2, 0.25) is 0 Å². The highest BCUT2D eigenvalue weighted by Crippen LogP contribution is 2.33. The molecule has 0 aromatic carbocycles. The summed E-state index contributed by atoms with van der Waals surface area (Å²) < 4.78 is 5.39. The SMILES string of the molecule is CCNC1CCCc2sc(CCOCC)nc21. The Bertz CT molecular complexity index is 351. The van der Waals surface area contributed by atoms with Crippen molar-refractivity contribution in [1.29, 1.82) is 0 Å². The van der Waals surface area contributed by atoms with Gasteiger partial charge in [0.25, 0.3) is 0 Å². The van der Waals surface area contributed by atoms with Crippen molar-refractivity contribution in [3.8, 4) is 0 Å².